The first kappa shape index (κ1) is 14.8. The molecule has 1 aliphatic heterocycles. The summed E-state index contributed by atoms with van der Waals surface area (Å²) in [5.74, 6) is -0.315. The average molecular weight is 277 g/mol. The molecular weight excluding hydrogens is 254 g/mol. The first-order valence-corrected chi connectivity index (χ1v) is 7.10. The highest BCUT2D eigenvalue weighted by Gasteiger charge is 2.19. The fourth-order valence-electron chi connectivity index (χ4n) is 2.59. The second-order valence-corrected chi connectivity index (χ2v) is 5.37. The molecule has 1 aliphatic rings. The van der Waals surface area contributed by atoms with Crippen LogP contribution in [0, 0.1) is 0 Å². The third-order valence-corrected chi connectivity index (χ3v) is 3.47. The molecule has 0 saturated carbocycles. The van der Waals surface area contributed by atoms with Gasteiger partial charge in [0.15, 0.2) is 0 Å². The molecule has 1 saturated heterocycles. The van der Waals surface area contributed by atoms with Crippen LogP contribution in [0.2, 0.25) is 0 Å². The minimum Gasteiger partial charge on any atom is -0.399 e. The fraction of sp³-hybridized carbons (Fsp3) is 0.533. The molecule has 0 aromatic heterocycles. The molecule has 0 bridgehead atoms. The van der Waals surface area contributed by atoms with Crippen LogP contribution in [0.5, 0.6) is 0 Å². The van der Waals surface area contributed by atoms with Crippen molar-refractivity contribution in [2.75, 3.05) is 25.4 Å². The number of hydrogen-bond acceptors (Lipinski definition) is 4. The maximum Gasteiger partial charge on any atom is 0.231 e. The minimum absolute atomic E-state index is 0.198. The lowest BCUT2D eigenvalue weighted by molar-refractivity contribution is -0.119. The number of carbonyl (C=O) groups excluding carboxylic acids is 1. The van der Waals surface area contributed by atoms with Crippen LogP contribution in [-0.2, 0) is 16.1 Å². The molecule has 20 heavy (non-hydrogen) atoms. The van der Waals surface area contributed by atoms with Gasteiger partial charge in [0.05, 0.1) is 12.6 Å². The second kappa shape index (κ2) is 7.26. The summed E-state index contributed by atoms with van der Waals surface area (Å²) in [5.41, 5.74) is 12.9. The van der Waals surface area contributed by atoms with Gasteiger partial charge in [-0.1, -0.05) is 12.1 Å². The van der Waals surface area contributed by atoms with Crippen molar-refractivity contribution in [3.8, 4) is 0 Å². The van der Waals surface area contributed by atoms with Crippen LogP contribution in [0.15, 0.2) is 24.3 Å². The van der Waals surface area contributed by atoms with Crippen molar-refractivity contribution in [3.63, 3.8) is 0 Å². The van der Waals surface area contributed by atoms with Gasteiger partial charge in [0, 0.05) is 25.4 Å². The fourth-order valence-corrected chi connectivity index (χ4v) is 2.59. The Labute approximate surface area is 119 Å². The first-order chi connectivity index (χ1) is 9.63. The summed E-state index contributed by atoms with van der Waals surface area (Å²) in [4.78, 5) is 13.3. The van der Waals surface area contributed by atoms with Crippen LogP contribution in [0.3, 0.4) is 0 Å². The average Bonchev–Trinajstić information content (AvgIpc) is 2.39. The Balaban J connectivity index is 1.97. The van der Waals surface area contributed by atoms with Gasteiger partial charge in [0.2, 0.25) is 5.91 Å². The van der Waals surface area contributed by atoms with E-state index < -0.39 is 0 Å². The van der Waals surface area contributed by atoms with E-state index in [1.54, 1.807) is 0 Å². The number of anilines is 1. The molecule has 110 valence electrons. The maximum atomic E-state index is 11.2. The zero-order valence-electron chi connectivity index (χ0n) is 11.8. The van der Waals surface area contributed by atoms with E-state index in [1.165, 1.54) is 6.42 Å². The van der Waals surface area contributed by atoms with Crippen LogP contribution in [0.4, 0.5) is 5.69 Å². The Hall–Kier alpha value is -1.59. The first-order valence-electron chi connectivity index (χ1n) is 7.10. The lowest BCUT2D eigenvalue weighted by atomic mass is 10.1. The molecule has 1 unspecified atom stereocenters. The van der Waals surface area contributed by atoms with E-state index in [2.05, 4.69) is 0 Å². The zero-order valence-corrected chi connectivity index (χ0v) is 11.8. The van der Waals surface area contributed by atoms with E-state index in [4.69, 9.17) is 16.2 Å². The molecule has 1 aromatic carbocycles. The normalized spacial score (nSPS) is 19.1. The molecule has 1 heterocycles. The van der Waals surface area contributed by atoms with E-state index >= 15 is 0 Å². The molecule has 2 rings (SSSR count). The molecular formula is C15H23N3O2. The lowest BCUT2D eigenvalue weighted by Gasteiger charge is -2.29. The minimum atomic E-state index is -0.315. The smallest absolute Gasteiger partial charge is 0.231 e. The van der Waals surface area contributed by atoms with Crippen molar-refractivity contribution in [2.24, 2.45) is 5.73 Å². The van der Waals surface area contributed by atoms with E-state index in [0.717, 1.165) is 37.2 Å². The van der Waals surface area contributed by atoms with Crippen LogP contribution < -0.4 is 11.5 Å². The van der Waals surface area contributed by atoms with Gasteiger partial charge in [-0.15, -0.1) is 0 Å². The molecule has 0 spiro atoms. The van der Waals surface area contributed by atoms with Crippen molar-refractivity contribution in [2.45, 2.75) is 31.9 Å². The highest BCUT2D eigenvalue weighted by atomic mass is 16.5. The molecule has 1 aromatic rings. The monoisotopic (exact) mass is 277 g/mol. The summed E-state index contributed by atoms with van der Waals surface area (Å²) in [6, 6.07) is 7.71. The number of ether oxygens (including phenoxy) is 1. The van der Waals surface area contributed by atoms with Gasteiger partial charge < -0.3 is 16.2 Å². The number of carbonyl (C=O) groups is 1. The summed E-state index contributed by atoms with van der Waals surface area (Å²) in [7, 11) is 0. The third kappa shape index (κ3) is 4.83. The number of nitrogen functional groups attached to an aromatic ring is 1. The summed E-state index contributed by atoms with van der Waals surface area (Å²) >= 11 is 0. The third-order valence-electron chi connectivity index (χ3n) is 3.47. The molecule has 0 radical (unpaired) electrons. The Morgan fingerprint density at radius 2 is 2.25 bits per heavy atom. The van der Waals surface area contributed by atoms with Crippen molar-refractivity contribution < 1.29 is 9.53 Å². The van der Waals surface area contributed by atoms with Crippen molar-refractivity contribution >= 4 is 11.6 Å². The van der Waals surface area contributed by atoms with Gasteiger partial charge in [0.1, 0.15) is 0 Å². The number of hydrogen-bond donors (Lipinski definition) is 2. The number of nitrogens with zero attached hydrogens (tertiary/aromatic N) is 1. The quantitative estimate of drug-likeness (QED) is 0.764. The van der Waals surface area contributed by atoms with Gasteiger partial charge in [0.25, 0.3) is 0 Å². The van der Waals surface area contributed by atoms with Gasteiger partial charge in [-0.25, -0.2) is 0 Å². The molecule has 1 amide bonds. The van der Waals surface area contributed by atoms with Crippen LogP contribution >= 0.6 is 0 Å². The van der Waals surface area contributed by atoms with Gasteiger partial charge >= 0.3 is 0 Å². The molecule has 0 aliphatic carbocycles. The Morgan fingerprint density at radius 1 is 1.40 bits per heavy atom. The molecule has 1 fully saturated rings. The standard InChI is InChI=1S/C15H23N3O2/c16-13-5-3-4-12(8-13)9-18(11-15(17)19)10-14-6-1-2-7-20-14/h3-5,8,14H,1-2,6-7,9-11,16H2,(H2,17,19). The van der Waals surface area contributed by atoms with Crippen molar-refractivity contribution in [1.82, 2.24) is 4.90 Å². The summed E-state index contributed by atoms with van der Waals surface area (Å²) in [6.07, 6.45) is 3.56. The SMILES string of the molecule is NC(=O)CN(Cc1cccc(N)c1)CC1CCCCO1. The molecule has 1 atom stereocenters. The molecule has 4 N–H and O–H groups in total. The van der Waals surface area contributed by atoms with Crippen molar-refractivity contribution in [1.29, 1.82) is 0 Å². The summed E-state index contributed by atoms with van der Waals surface area (Å²) in [6.45, 7) is 2.45. The van der Waals surface area contributed by atoms with Gasteiger partial charge in [-0.3, -0.25) is 9.69 Å². The van der Waals surface area contributed by atoms with Gasteiger partial charge in [-0.2, -0.15) is 0 Å². The van der Waals surface area contributed by atoms with E-state index in [-0.39, 0.29) is 18.6 Å². The maximum absolute atomic E-state index is 11.2. The Bertz CT molecular complexity index is 444. The predicted molar refractivity (Wildman–Crippen MR) is 78.9 cm³/mol. The summed E-state index contributed by atoms with van der Waals surface area (Å²) < 4.78 is 5.73. The van der Waals surface area contributed by atoms with E-state index in [0.29, 0.717) is 6.54 Å². The predicted octanol–water partition coefficient (Wildman–Crippen LogP) is 1.13. The molecule has 5 heteroatoms. The second-order valence-electron chi connectivity index (χ2n) is 5.37. The van der Waals surface area contributed by atoms with Crippen LogP contribution in [0.1, 0.15) is 24.8 Å². The highest BCUT2D eigenvalue weighted by Crippen LogP contribution is 2.16. The van der Waals surface area contributed by atoms with Crippen LogP contribution in [0.25, 0.3) is 0 Å². The topological polar surface area (TPSA) is 81.6 Å². The Kier molecular flexibility index (Phi) is 5.38. The Morgan fingerprint density at radius 3 is 2.90 bits per heavy atom. The zero-order chi connectivity index (χ0) is 14.4. The largest absolute Gasteiger partial charge is 0.399 e. The number of rotatable bonds is 6. The lowest BCUT2D eigenvalue weighted by Crippen LogP contribution is -2.40. The summed E-state index contributed by atoms with van der Waals surface area (Å²) in [5, 5.41) is 0. The number of amides is 1. The number of nitrogens with two attached hydrogens (primary N) is 2. The number of benzene rings is 1. The molecule has 5 nitrogen and oxygen atoms in total. The number of primary amides is 1. The van der Waals surface area contributed by atoms with E-state index in [1.807, 2.05) is 29.2 Å². The highest BCUT2D eigenvalue weighted by molar-refractivity contribution is 5.75. The van der Waals surface area contributed by atoms with Gasteiger partial charge in [-0.05, 0) is 37.0 Å². The van der Waals surface area contributed by atoms with E-state index in [9.17, 15) is 4.79 Å². The van der Waals surface area contributed by atoms with Crippen LogP contribution in [-0.4, -0.2) is 36.6 Å². The van der Waals surface area contributed by atoms with Crippen molar-refractivity contribution in [3.05, 3.63) is 29.8 Å².